The largest absolute Gasteiger partial charge is 0.496 e. The average molecular weight is 1020 g/mol. The Morgan fingerprint density at radius 1 is 0.653 bits per heavy atom. The summed E-state index contributed by atoms with van der Waals surface area (Å²) in [7, 11) is 2.93. The van der Waals surface area contributed by atoms with Gasteiger partial charge in [0.25, 0.3) is 0 Å². The third kappa shape index (κ3) is 10.2. The fourth-order valence-corrected chi connectivity index (χ4v) is 9.87. The van der Waals surface area contributed by atoms with E-state index in [-0.39, 0.29) is 91.7 Å². The number of pyridine rings is 2. The van der Waals surface area contributed by atoms with Crippen LogP contribution in [0.5, 0.6) is 23.0 Å². The van der Waals surface area contributed by atoms with Crippen molar-refractivity contribution in [2.75, 3.05) is 27.4 Å². The maximum atomic E-state index is 13.6. The molecular weight excluding hydrogens is 967 g/mol. The van der Waals surface area contributed by atoms with Crippen LogP contribution in [0.1, 0.15) is 124 Å². The normalized spacial score (nSPS) is 19.6. The van der Waals surface area contributed by atoms with Crippen molar-refractivity contribution in [3.05, 3.63) is 152 Å². The van der Waals surface area contributed by atoms with Crippen molar-refractivity contribution in [2.45, 2.75) is 94.9 Å². The van der Waals surface area contributed by atoms with Crippen molar-refractivity contribution in [2.24, 2.45) is 11.5 Å². The lowest BCUT2D eigenvalue weighted by Crippen LogP contribution is -2.35. The summed E-state index contributed by atoms with van der Waals surface area (Å²) in [6, 6.07) is 21.4. The Hall–Kier alpha value is -7.57. The summed E-state index contributed by atoms with van der Waals surface area (Å²) in [4.78, 5) is 71.7. The quantitative estimate of drug-likeness (QED) is 0.0605. The van der Waals surface area contributed by atoms with Gasteiger partial charge >= 0.3 is 0 Å². The van der Waals surface area contributed by atoms with Gasteiger partial charge in [-0.1, -0.05) is 0 Å². The Morgan fingerprint density at radius 3 is 1.55 bits per heavy atom. The van der Waals surface area contributed by atoms with E-state index in [1.165, 1.54) is 50.6 Å². The van der Waals surface area contributed by atoms with Crippen LogP contribution in [0.4, 0.5) is 8.78 Å². The van der Waals surface area contributed by atoms with Gasteiger partial charge in [0.15, 0.2) is 23.1 Å². The zero-order valence-corrected chi connectivity index (χ0v) is 42.3. The first-order valence-corrected chi connectivity index (χ1v) is 24.4. The van der Waals surface area contributed by atoms with E-state index in [4.69, 9.17) is 35.4 Å². The highest BCUT2D eigenvalue weighted by Gasteiger charge is 2.41. The molecule has 0 fully saturated rings. The highest BCUT2D eigenvalue weighted by atomic mass is 19.1. The van der Waals surface area contributed by atoms with E-state index < -0.39 is 39.7 Å². The Morgan fingerprint density at radius 2 is 1.09 bits per heavy atom. The van der Waals surface area contributed by atoms with Crippen LogP contribution in [0.15, 0.2) is 84.9 Å². The smallest absolute Gasteiger partial charge is 0.229 e. The van der Waals surface area contributed by atoms with Crippen LogP contribution >= 0.6 is 0 Å². The van der Waals surface area contributed by atoms with Crippen LogP contribution in [0.2, 0.25) is 0 Å². The minimum atomic E-state index is -1.54. The highest BCUT2D eigenvalue weighted by molar-refractivity contribution is 6.47. The van der Waals surface area contributed by atoms with Gasteiger partial charge in [0.1, 0.15) is 64.7 Å². The Kier molecular flexibility index (Phi) is 13.7. The Balaban J connectivity index is 0.000000184. The molecule has 10 rings (SSSR count). The molecule has 0 bridgehead atoms. The molecule has 0 saturated heterocycles. The van der Waals surface area contributed by atoms with Crippen LogP contribution in [0.3, 0.4) is 0 Å². The Labute approximate surface area is 431 Å². The second kappa shape index (κ2) is 19.6. The molecule has 388 valence electrons. The summed E-state index contributed by atoms with van der Waals surface area (Å²) in [5.74, 6) is -0.537. The molecule has 17 heteroatoms. The fraction of sp³-hybridized carbons (Fsp3) is 0.328. The van der Waals surface area contributed by atoms with E-state index in [9.17, 15) is 43.0 Å². The summed E-state index contributed by atoms with van der Waals surface area (Å²) < 4.78 is 49.6. The number of ketones is 5. The number of hydrogen-bond acceptors (Lipinski definition) is 15. The van der Waals surface area contributed by atoms with Gasteiger partial charge in [-0.2, -0.15) is 0 Å². The first kappa shape index (κ1) is 52.3. The number of carbonyl (C=O) groups excluding carboxylic acids is 5. The topological polar surface area (TPSA) is 241 Å². The molecular formula is C58H56F2N4O11. The number of ether oxygens (including phenoxy) is 4. The molecule has 0 spiro atoms. The van der Waals surface area contributed by atoms with Gasteiger partial charge in [-0.05, 0) is 131 Å². The van der Waals surface area contributed by atoms with Crippen LogP contribution in [0.25, 0.3) is 22.5 Å². The molecule has 0 radical (unpaired) electrons. The summed E-state index contributed by atoms with van der Waals surface area (Å²) in [5.41, 5.74) is 15.3. The molecule has 0 amide bonds. The van der Waals surface area contributed by atoms with Crippen molar-refractivity contribution in [1.82, 2.24) is 9.97 Å². The number of halogens is 2. The van der Waals surface area contributed by atoms with E-state index in [1.807, 2.05) is 13.8 Å². The minimum Gasteiger partial charge on any atom is -0.496 e. The molecule has 4 aromatic carbocycles. The molecule has 4 aliphatic rings. The zero-order valence-electron chi connectivity index (χ0n) is 42.3. The van der Waals surface area contributed by atoms with Gasteiger partial charge < -0.3 is 40.6 Å². The standard InChI is InChI=1S/C29H27FN2O6.C29H29FN2O5/c1-28(31)14-38-27-20(28)13-24(32-25(27)15-4-6-17(30)7-5-15)29(2,36)9-8-21(33)16-10-19-18(23(11-16)37-3)12-22(34)26(19)35;1-28(31)15-37-27-22(28)14-25(32-26(27)16-4-6-19(30)7-5-16)29(2,35)9-8-23(34)18-10-17-11-20(33)13-21(17)24(12-18)36-3/h4-7,10-11,13,36H,8-9,12,14,31H2,1-3H3;4-7,10,12,14,35H,8-9,11,13,15,31H2,1-3H3. The van der Waals surface area contributed by atoms with E-state index in [2.05, 4.69) is 4.98 Å². The van der Waals surface area contributed by atoms with Crippen molar-refractivity contribution >= 4 is 28.9 Å². The molecule has 4 atom stereocenters. The summed E-state index contributed by atoms with van der Waals surface area (Å²) in [5, 5.41) is 22.9. The molecule has 2 aliphatic carbocycles. The second-order valence-corrected chi connectivity index (χ2v) is 20.6. The van der Waals surface area contributed by atoms with E-state index in [0.29, 0.717) is 79.9 Å². The predicted octanol–water partition coefficient (Wildman–Crippen LogP) is 7.64. The number of Topliss-reactive ketones (excluding diaryl/α,β-unsaturated/α-hetero) is 5. The first-order valence-electron chi connectivity index (χ1n) is 24.4. The predicted molar refractivity (Wildman–Crippen MR) is 271 cm³/mol. The van der Waals surface area contributed by atoms with Crippen molar-refractivity contribution in [3.63, 3.8) is 0 Å². The van der Waals surface area contributed by atoms with Gasteiger partial charge in [-0.15, -0.1) is 0 Å². The van der Waals surface area contributed by atoms with Gasteiger partial charge in [-0.25, -0.2) is 18.7 Å². The number of hydrogen-bond donors (Lipinski definition) is 4. The van der Waals surface area contributed by atoms with Gasteiger partial charge in [0, 0.05) is 82.2 Å². The number of carbonyl (C=O) groups is 5. The summed E-state index contributed by atoms with van der Waals surface area (Å²) in [6.45, 7) is 7.26. The van der Waals surface area contributed by atoms with E-state index in [1.54, 1.807) is 62.4 Å². The van der Waals surface area contributed by atoms with Crippen LogP contribution in [-0.4, -0.2) is 76.5 Å². The molecule has 15 nitrogen and oxygen atoms in total. The zero-order chi connectivity index (χ0) is 53.9. The van der Waals surface area contributed by atoms with Crippen LogP contribution < -0.4 is 30.4 Å². The lowest BCUT2D eigenvalue weighted by atomic mass is 9.87. The lowest BCUT2D eigenvalue weighted by molar-refractivity contribution is -0.117. The monoisotopic (exact) mass is 1020 g/mol. The number of nitrogens with two attached hydrogens (primary N) is 2. The molecule has 0 saturated carbocycles. The Bertz CT molecular complexity index is 3350. The number of benzene rings is 4. The SMILES string of the molecule is COc1cc(C(=O)CCC(C)(O)c2cc3c(c(-c4ccc(F)cc4)n2)OCC3(C)N)cc2c1CC(=O)C2.COc1cc(C(=O)CCC(C)(O)c2cc3c(c(-c4ccc(F)cc4)n2)OCC3(C)N)cc2c1CC(=O)C2=O. The number of fused-ring (bicyclic) bond motifs is 4. The molecule has 2 aliphatic heterocycles. The number of nitrogens with zero attached hydrogens (tertiary/aromatic N) is 2. The van der Waals surface area contributed by atoms with Crippen molar-refractivity contribution in [3.8, 4) is 45.5 Å². The van der Waals surface area contributed by atoms with E-state index >= 15 is 0 Å². The summed E-state index contributed by atoms with van der Waals surface area (Å²) >= 11 is 0. The molecule has 4 unspecified atom stereocenters. The molecule has 4 heterocycles. The van der Waals surface area contributed by atoms with Gasteiger partial charge in [0.05, 0.1) is 36.7 Å². The van der Waals surface area contributed by atoms with Crippen molar-refractivity contribution in [1.29, 1.82) is 0 Å². The summed E-state index contributed by atoms with van der Waals surface area (Å²) in [6.07, 6.45) is 0.629. The van der Waals surface area contributed by atoms with Crippen LogP contribution in [0, 0.1) is 11.6 Å². The molecule has 6 aromatic rings. The van der Waals surface area contributed by atoms with Crippen LogP contribution in [-0.2, 0) is 51.1 Å². The third-order valence-electron chi connectivity index (χ3n) is 14.4. The maximum absolute atomic E-state index is 13.6. The number of aromatic nitrogens is 2. The minimum absolute atomic E-state index is 0.00883. The fourth-order valence-electron chi connectivity index (χ4n) is 9.87. The van der Waals surface area contributed by atoms with Crippen molar-refractivity contribution < 1.29 is 61.9 Å². The third-order valence-corrected chi connectivity index (χ3v) is 14.4. The number of aliphatic hydroxyl groups is 2. The molecule has 2 aromatic heterocycles. The van der Waals surface area contributed by atoms with Gasteiger partial charge in [0.2, 0.25) is 11.6 Å². The first-order chi connectivity index (χ1) is 35.4. The van der Waals surface area contributed by atoms with Gasteiger partial charge in [-0.3, -0.25) is 24.0 Å². The molecule has 6 N–H and O–H groups in total. The lowest BCUT2D eigenvalue weighted by Gasteiger charge is -2.25. The van der Waals surface area contributed by atoms with E-state index in [0.717, 1.165) is 11.1 Å². The maximum Gasteiger partial charge on any atom is 0.229 e. The number of methoxy groups -OCH3 is 2. The average Bonchev–Trinajstić information content (AvgIpc) is 4.12. The highest BCUT2D eigenvalue weighted by Crippen LogP contribution is 2.46. The molecule has 75 heavy (non-hydrogen) atoms. The second-order valence-electron chi connectivity index (χ2n) is 20.6. The number of rotatable bonds is 14.